The molecule has 8 rings (SSSR count). The van der Waals surface area contributed by atoms with Crippen LogP contribution in [0, 0.1) is 0 Å². The third-order valence-electron chi connectivity index (χ3n) is 10.6. The smallest absolute Gasteiger partial charge is 0.380 e. The number of aliphatic hydroxyl groups excluding tert-OH is 1. The normalized spacial score (nSPS) is 19.5. The lowest BCUT2D eigenvalue weighted by atomic mass is 9.79. The van der Waals surface area contributed by atoms with Gasteiger partial charge in [0, 0.05) is 18.0 Å². The van der Waals surface area contributed by atoms with Crippen molar-refractivity contribution in [3.63, 3.8) is 0 Å². The van der Waals surface area contributed by atoms with Crippen LogP contribution in [0.4, 0.5) is 0 Å². The van der Waals surface area contributed by atoms with Gasteiger partial charge in [-0.1, -0.05) is 134 Å². The molecule has 2 saturated heterocycles. The predicted molar refractivity (Wildman–Crippen MR) is 218 cm³/mol. The second kappa shape index (κ2) is 19.9. The molecule has 4 aromatic carbocycles. The van der Waals surface area contributed by atoms with Crippen molar-refractivity contribution in [1.29, 1.82) is 0 Å². The van der Waals surface area contributed by atoms with Gasteiger partial charge in [0.05, 0.1) is 6.10 Å². The Bertz CT molecular complexity index is 1600. The zero-order valence-corrected chi connectivity index (χ0v) is 30.5. The second-order valence-corrected chi connectivity index (χ2v) is 13.5. The summed E-state index contributed by atoms with van der Waals surface area (Å²) in [5, 5.41) is 9.78. The van der Waals surface area contributed by atoms with Crippen LogP contribution in [-0.2, 0) is 35.9 Å². The van der Waals surface area contributed by atoms with Gasteiger partial charge in [0.15, 0.2) is 5.78 Å². The lowest BCUT2D eigenvalue weighted by Crippen LogP contribution is -2.41. The minimum absolute atomic E-state index is 0. The first-order valence-corrected chi connectivity index (χ1v) is 18.9. The van der Waals surface area contributed by atoms with E-state index in [0.717, 1.165) is 63.5 Å². The van der Waals surface area contributed by atoms with Crippen molar-refractivity contribution in [2.24, 2.45) is 0 Å². The summed E-state index contributed by atoms with van der Waals surface area (Å²) < 4.78 is 6.61. The van der Waals surface area contributed by atoms with Gasteiger partial charge in [0.2, 0.25) is 0 Å². The van der Waals surface area contributed by atoms with E-state index in [0.29, 0.717) is 11.8 Å². The maximum Gasteiger partial charge on any atom is 0.380 e. The lowest BCUT2D eigenvalue weighted by molar-refractivity contribution is 0.0972. The highest BCUT2D eigenvalue weighted by atomic mass is 16.5. The minimum atomic E-state index is -0.321. The molecule has 0 amide bonds. The fraction of sp³-hybridized carbons (Fsp3) is 0.457. The Morgan fingerprint density at radius 3 is 1.92 bits per heavy atom. The van der Waals surface area contributed by atoms with Gasteiger partial charge in [-0.3, -0.25) is 4.79 Å². The molecule has 0 saturated carbocycles. The molecule has 2 fully saturated rings. The average molecular weight is 690 g/mol. The van der Waals surface area contributed by atoms with Crippen molar-refractivity contribution in [2.75, 3.05) is 6.54 Å². The number of ketones is 1. The van der Waals surface area contributed by atoms with Crippen molar-refractivity contribution in [3.8, 4) is 0 Å². The SMILES string of the molecule is C.C.CB1OC(c2ccccc2)(c2ccccc2)[C@@H]2CCCN12.CC.CCc1ccc2c(c1)C(=O)CCC2.CCc1ccc2c(c1)[C@H](O)CCC2. The van der Waals surface area contributed by atoms with Gasteiger partial charge in [-0.05, 0) is 116 Å². The van der Waals surface area contributed by atoms with E-state index in [1.165, 1.54) is 51.8 Å². The van der Waals surface area contributed by atoms with E-state index < -0.39 is 0 Å². The first-order valence-electron chi connectivity index (χ1n) is 18.9. The quantitative estimate of drug-likeness (QED) is 0.217. The van der Waals surface area contributed by atoms with Crippen LogP contribution in [0.3, 0.4) is 0 Å². The molecule has 2 aliphatic heterocycles. The number of hydrogen-bond acceptors (Lipinski definition) is 4. The maximum atomic E-state index is 11.6. The van der Waals surface area contributed by atoms with E-state index in [1.54, 1.807) is 0 Å². The topological polar surface area (TPSA) is 49.8 Å². The number of carbonyl (C=O) groups is 1. The highest BCUT2D eigenvalue weighted by Crippen LogP contribution is 2.48. The van der Waals surface area contributed by atoms with Crippen LogP contribution >= 0.6 is 0 Å². The summed E-state index contributed by atoms with van der Waals surface area (Å²) in [5.41, 5.74) is 9.57. The lowest BCUT2D eigenvalue weighted by Gasteiger charge is -2.36. The van der Waals surface area contributed by atoms with Gasteiger partial charge in [-0.25, -0.2) is 0 Å². The van der Waals surface area contributed by atoms with Crippen molar-refractivity contribution in [3.05, 3.63) is 142 Å². The van der Waals surface area contributed by atoms with Gasteiger partial charge in [0.1, 0.15) is 5.60 Å². The third kappa shape index (κ3) is 9.30. The summed E-state index contributed by atoms with van der Waals surface area (Å²) in [6, 6.07) is 34.7. The summed E-state index contributed by atoms with van der Waals surface area (Å²) in [7, 11) is 0.179. The molecule has 4 aliphatic rings. The minimum Gasteiger partial charge on any atom is -0.406 e. The van der Waals surface area contributed by atoms with Crippen molar-refractivity contribution in [2.45, 2.75) is 131 Å². The number of benzene rings is 4. The van der Waals surface area contributed by atoms with Gasteiger partial charge in [-0.2, -0.15) is 0 Å². The van der Waals surface area contributed by atoms with Crippen LogP contribution in [0.5, 0.6) is 0 Å². The molecule has 2 aliphatic carbocycles. The molecular formula is C46H64BNO3. The summed E-state index contributed by atoms with van der Waals surface area (Å²) in [6.45, 7) is 11.6. The van der Waals surface area contributed by atoms with Crippen LogP contribution in [0.15, 0.2) is 97.1 Å². The number of fused-ring (bicyclic) bond motifs is 3. The van der Waals surface area contributed by atoms with Crippen LogP contribution in [0.2, 0.25) is 6.82 Å². The standard InChI is InChI=1S/C18H20BNO.C12H16O.C12H14O.C2H6.2CH4/c1-19-20-14-8-13-17(20)18(21-19,15-9-4-2-5-10-15)16-11-6-3-7-12-16;2*1-2-9-6-7-10-4-3-5-12(13)11(10)8-9;1-2;;/h2-7,9-12,17H,8,13-14H2,1H3;6-8,12-13H,2-5H2,1H3;6-8H,2-5H2,1H3;1-2H3;2*1H4/t17-;12-;;;;/m01..../s1. The Balaban J connectivity index is 0.000000206. The molecule has 2 heterocycles. The van der Waals surface area contributed by atoms with Gasteiger partial charge >= 0.3 is 7.05 Å². The summed E-state index contributed by atoms with van der Waals surface area (Å²) in [6.07, 6.45) is 10.3. The Kier molecular flexibility index (Phi) is 16.4. The number of nitrogens with zero attached hydrogens (tertiary/aromatic N) is 1. The number of carbonyl (C=O) groups excluding carboxylic acids is 1. The molecule has 0 spiro atoms. The fourth-order valence-corrected chi connectivity index (χ4v) is 8.07. The monoisotopic (exact) mass is 689 g/mol. The molecule has 0 bridgehead atoms. The zero-order valence-electron chi connectivity index (χ0n) is 30.5. The number of aryl methyl sites for hydroxylation is 4. The number of rotatable bonds is 4. The van der Waals surface area contributed by atoms with Crippen molar-refractivity contribution < 1.29 is 14.6 Å². The molecule has 0 unspecified atom stereocenters. The first-order chi connectivity index (χ1) is 23.9. The van der Waals surface area contributed by atoms with E-state index in [-0.39, 0.29) is 33.6 Å². The Labute approximate surface area is 310 Å². The zero-order chi connectivity index (χ0) is 34.8. The maximum absolute atomic E-state index is 11.6. The Hall–Kier alpha value is -3.51. The molecule has 274 valence electrons. The molecule has 51 heavy (non-hydrogen) atoms. The molecule has 4 nitrogen and oxygen atoms in total. The predicted octanol–water partition coefficient (Wildman–Crippen LogP) is 11.2. The highest BCUT2D eigenvalue weighted by Gasteiger charge is 2.56. The van der Waals surface area contributed by atoms with Gasteiger partial charge < -0.3 is 14.6 Å². The molecule has 2 atom stereocenters. The number of aliphatic hydroxyl groups is 1. The van der Waals surface area contributed by atoms with Crippen molar-refractivity contribution in [1.82, 2.24) is 4.81 Å². The van der Waals surface area contributed by atoms with E-state index in [2.05, 4.69) is 123 Å². The summed E-state index contributed by atoms with van der Waals surface area (Å²) in [5.74, 6) is 0.330. The second-order valence-electron chi connectivity index (χ2n) is 13.5. The Morgan fingerprint density at radius 1 is 0.745 bits per heavy atom. The molecule has 0 aromatic heterocycles. The van der Waals surface area contributed by atoms with Crippen LogP contribution < -0.4 is 0 Å². The van der Waals surface area contributed by atoms with Crippen molar-refractivity contribution >= 4 is 12.8 Å². The van der Waals surface area contributed by atoms with E-state index in [4.69, 9.17) is 4.65 Å². The molecule has 1 N–H and O–H groups in total. The van der Waals surface area contributed by atoms with Gasteiger partial charge in [0.25, 0.3) is 0 Å². The molecule has 4 aromatic rings. The highest BCUT2D eigenvalue weighted by molar-refractivity contribution is 6.48. The largest absolute Gasteiger partial charge is 0.406 e. The summed E-state index contributed by atoms with van der Waals surface area (Å²) in [4.78, 5) is 14.1. The number of hydrogen-bond donors (Lipinski definition) is 1. The molecule has 5 heteroatoms. The molecular weight excluding hydrogens is 625 g/mol. The van der Waals surface area contributed by atoms with Gasteiger partial charge in [-0.15, -0.1) is 0 Å². The van der Waals surface area contributed by atoms with E-state index >= 15 is 0 Å². The average Bonchev–Trinajstić information content (AvgIpc) is 3.77. The van der Waals surface area contributed by atoms with Crippen LogP contribution in [0.1, 0.15) is 136 Å². The van der Waals surface area contributed by atoms with Crippen LogP contribution in [0.25, 0.3) is 0 Å². The number of Topliss-reactive ketones (excluding diaryl/α,β-unsaturated/α-hetero) is 1. The third-order valence-corrected chi connectivity index (χ3v) is 10.6. The first kappa shape index (κ1) is 41.9. The van der Waals surface area contributed by atoms with E-state index in [1.807, 2.05) is 13.8 Å². The molecule has 0 radical (unpaired) electrons. The van der Waals surface area contributed by atoms with Crippen LogP contribution in [-0.4, -0.2) is 35.3 Å². The van der Waals surface area contributed by atoms with E-state index in [9.17, 15) is 9.90 Å². The Morgan fingerprint density at radius 2 is 1.31 bits per heavy atom. The fourth-order valence-electron chi connectivity index (χ4n) is 8.07. The summed E-state index contributed by atoms with van der Waals surface area (Å²) >= 11 is 0.